The van der Waals surface area contributed by atoms with Gasteiger partial charge in [0.15, 0.2) is 45.8 Å². The van der Waals surface area contributed by atoms with Gasteiger partial charge in [-0.15, -0.1) is 0 Å². The summed E-state index contributed by atoms with van der Waals surface area (Å²) in [5.41, 5.74) is 14.9. The molecular weight excluding hydrogens is 1550 g/mol. The maximum Gasteiger partial charge on any atom is 0.408 e. The maximum atomic E-state index is 14.5. The number of carboxylic acid groups (broad SMARTS) is 1. The van der Waals surface area contributed by atoms with E-state index in [1.54, 1.807) is 60.6 Å². The molecule has 6 aromatic rings. The van der Waals surface area contributed by atoms with Gasteiger partial charge in [-0.25, -0.2) is 9.59 Å². The number of Topliss-reactive ketones (excluding diaryl/α,β-unsaturated/α-hetero) is 2. The molecule has 5 N–H and O–H groups in total. The monoisotopic (exact) mass is 1650 g/mol. The summed E-state index contributed by atoms with van der Waals surface area (Å²) < 4.78 is 46.8. The highest BCUT2D eigenvalue weighted by molar-refractivity contribution is 7.99. The minimum atomic E-state index is -2.07. The van der Waals surface area contributed by atoms with Crippen molar-refractivity contribution in [2.24, 2.45) is 0 Å². The van der Waals surface area contributed by atoms with Crippen LogP contribution in [0.2, 0.25) is 0 Å². The van der Waals surface area contributed by atoms with Gasteiger partial charge < -0.3 is 63.6 Å². The topological polar surface area (TPSA) is 313 Å². The molecule has 5 unspecified atom stereocenters. The van der Waals surface area contributed by atoms with Gasteiger partial charge in [0.25, 0.3) is 0 Å². The van der Waals surface area contributed by atoms with Crippen molar-refractivity contribution in [3.8, 4) is 45.9 Å². The summed E-state index contributed by atoms with van der Waals surface area (Å²) in [5.74, 6) is 3.16. The van der Waals surface area contributed by atoms with Gasteiger partial charge in [0.05, 0.1) is 63.6 Å². The van der Waals surface area contributed by atoms with Crippen LogP contribution >= 0.6 is 23.5 Å². The number of amides is 1. The number of rotatable bonds is 16. The zero-order chi connectivity index (χ0) is 84.3. The van der Waals surface area contributed by atoms with Gasteiger partial charge in [-0.3, -0.25) is 34.0 Å². The number of ether oxygens (including phenoxy) is 8. The largest absolute Gasteiger partial charge is 0.496 e. The Balaban J connectivity index is 0.000000156. The number of likely N-dealkylation sites (N-methyl/N-ethyl adjacent to an activating group) is 2. The third-order valence-electron chi connectivity index (χ3n) is 26.5. The van der Waals surface area contributed by atoms with Crippen LogP contribution in [0.5, 0.6) is 11.5 Å². The first-order valence-corrected chi connectivity index (χ1v) is 42.9. The molecule has 24 nitrogen and oxygen atoms in total. The van der Waals surface area contributed by atoms with Gasteiger partial charge in [0, 0.05) is 94.1 Å². The number of carboxylic acids is 1. The number of piperazine rings is 2. The second-order valence-electron chi connectivity index (χ2n) is 34.0. The van der Waals surface area contributed by atoms with E-state index in [0.29, 0.717) is 52.9 Å². The Morgan fingerprint density at radius 1 is 0.605 bits per heavy atom. The maximum absolute atomic E-state index is 14.5. The van der Waals surface area contributed by atoms with Gasteiger partial charge in [0.2, 0.25) is 13.6 Å². The number of nitrogens with zero attached hydrogens (tertiary/aromatic N) is 6. The lowest BCUT2D eigenvalue weighted by atomic mass is 9.64. The lowest BCUT2D eigenvalue weighted by Crippen LogP contribution is -2.74. The summed E-state index contributed by atoms with van der Waals surface area (Å²) >= 11 is 3.25. The first-order chi connectivity index (χ1) is 57.0. The van der Waals surface area contributed by atoms with Crippen molar-refractivity contribution in [3.05, 3.63) is 221 Å². The van der Waals surface area contributed by atoms with Crippen LogP contribution in [0.3, 0.4) is 0 Å². The number of aryl methyl sites for hydroxylation is 2. The lowest BCUT2D eigenvalue weighted by molar-refractivity contribution is -0.159. The fraction of sp³-hybridized carbons (Fsp3) is 0.452. The average molecular weight is 1650 g/mol. The fourth-order valence-corrected chi connectivity index (χ4v) is 24.0. The van der Waals surface area contributed by atoms with Crippen molar-refractivity contribution in [2.75, 3.05) is 78.1 Å². The molecule has 18 rings (SSSR count). The van der Waals surface area contributed by atoms with E-state index in [1.807, 2.05) is 75.9 Å². The Hall–Kier alpha value is -9.97. The van der Waals surface area contributed by atoms with E-state index in [-0.39, 0.29) is 105 Å². The number of aliphatic hydroxyl groups excluding tert-OH is 1. The van der Waals surface area contributed by atoms with E-state index < -0.39 is 88.7 Å². The highest BCUT2D eigenvalue weighted by Gasteiger charge is 2.67. The SMILES string of the molecule is COc1c(C)cc2c(c1C)[C@@H]1C3CC4(O)C(=O)C(C)=C5OCOC5=C4[C@H](CO)N3[C@@H](C#N)[C@H](C2)N1C.COc1c(C)cc2c(c1C)[C@@H]1C3CC4(O)C(=O)C(C)=C5OCOC5=C4[C@H](COC(=O)C(CSCC4c5ccccc5-c5ccccc54)NC(=O)OC(C)(C)C)N3[C@@H](C#N)[C@H](C2)N1C.O=C(O)CCSCC1c2ccccc2-c2ccccc21. The number of esters is 1. The van der Waals surface area contributed by atoms with Crippen LogP contribution < -0.4 is 14.8 Å². The summed E-state index contributed by atoms with van der Waals surface area (Å²) in [4.78, 5) is 75.1. The molecule has 12 aliphatic rings. The average Bonchev–Trinajstić information content (AvgIpc) is 1.27. The minimum absolute atomic E-state index is 0.0506. The molecule has 119 heavy (non-hydrogen) atoms. The molecule has 4 aliphatic carbocycles. The molecule has 4 bridgehead atoms. The number of benzene rings is 6. The van der Waals surface area contributed by atoms with E-state index in [0.717, 1.165) is 61.8 Å². The van der Waals surface area contributed by atoms with Crippen molar-refractivity contribution in [1.29, 1.82) is 10.5 Å². The number of thioether (sulfide) groups is 2. The van der Waals surface area contributed by atoms with E-state index in [9.17, 15) is 49.8 Å². The van der Waals surface area contributed by atoms with Crippen molar-refractivity contribution in [2.45, 2.75) is 190 Å². The number of aliphatic hydroxyl groups is 3. The molecule has 0 saturated carbocycles. The normalized spacial score (nSPS) is 26.9. The van der Waals surface area contributed by atoms with Crippen LogP contribution in [0, 0.1) is 50.4 Å². The van der Waals surface area contributed by atoms with Crippen LogP contribution in [0.1, 0.15) is 145 Å². The summed E-state index contributed by atoms with van der Waals surface area (Å²) in [6.45, 7) is 15.6. The quantitative estimate of drug-likeness (QED) is 0.0444. The zero-order valence-corrected chi connectivity index (χ0v) is 70.8. The number of methoxy groups -OCH3 is 2. The van der Waals surface area contributed by atoms with Crippen molar-refractivity contribution in [3.63, 3.8) is 0 Å². The molecule has 26 heteroatoms. The first kappa shape index (κ1) is 82.7. The van der Waals surface area contributed by atoms with Gasteiger partial charge in [0.1, 0.15) is 41.8 Å². The van der Waals surface area contributed by atoms with Crippen molar-refractivity contribution < 1.29 is 82.3 Å². The van der Waals surface area contributed by atoms with Crippen molar-refractivity contribution >= 4 is 53.1 Å². The number of nitrogens with one attached hydrogen (secondary N) is 1. The summed E-state index contributed by atoms with van der Waals surface area (Å²) in [6.07, 6.45) is 0.729. The lowest BCUT2D eigenvalue weighted by Gasteiger charge is -2.62. The fourth-order valence-electron chi connectivity index (χ4n) is 21.7. The number of nitriles is 2. The third kappa shape index (κ3) is 13.8. The summed E-state index contributed by atoms with van der Waals surface area (Å²) in [7, 11) is 7.32. The molecule has 0 spiro atoms. The highest BCUT2D eigenvalue weighted by atomic mass is 32.2. The number of aliphatic carboxylic acids is 1. The smallest absolute Gasteiger partial charge is 0.408 e. The second-order valence-corrected chi connectivity index (χ2v) is 36.3. The number of hydrogen-bond acceptors (Lipinski definition) is 24. The Morgan fingerprint density at radius 2 is 1.01 bits per heavy atom. The molecular formula is C93H101N7O17S2. The molecule has 6 fully saturated rings. The Kier molecular flexibility index (Phi) is 22.4. The molecule has 1 amide bonds. The first-order valence-electron chi connectivity index (χ1n) is 40.6. The van der Waals surface area contributed by atoms with Crippen LogP contribution in [0.25, 0.3) is 22.3 Å². The van der Waals surface area contributed by atoms with Gasteiger partial charge in [-0.1, -0.05) is 109 Å². The Morgan fingerprint density at radius 3 is 1.41 bits per heavy atom. The molecule has 13 atom stereocenters. The number of ketones is 2. The zero-order valence-electron chi connectivity index (χ0n) is 69.2. The molecule has 8 heterocycles. The number of carbonyl (C=O) groups excluding carboxylic acids is 4. The number of fused-ring (bicyclic) bond motifs is 22. The molecule has 0 radical (unpaired) electrons. The molecule has 622 valence electrons. The van der Waals surface area contributed by atoms with Crippen LogP contribution in [0.15, 0.2) is 155 Å². The van der Waals surface area contributed by atoms with E-state index in [2.05, 4.69) is 112 Å². The molecule has 8 aliphatic heterocycles. The van der Waals surface area contributed by atoms with Crippen LogP contribution in [0.4, 0.5) is 4.79 Å². The summed E-state index contributed by atoms with van der Waals surface area (Å²) in [5, 5.41) is 68.7. The van der Waals surface area contributed by atoms with Crippen LogP contribution in [-0.4, -0.2) is 219 Å². The highest BCUT2D eigenvalue weighted by Crippen LogP contribution is 2.59. The molecule has 6 aromatic carbocycles. The minimum Gasteiger partial charge on any atom is -0.496 e. The van der Waals surface area contributed by atoms with E-state index in [4.69, 9.17) is 43.0 Å². The standard InChI is InChI=1S/C49H54N4O9S.C27H31N3O6.C17H16O2S/c1-25-17-28-18-35-37(20-50)53-36(41(52(35)7)39(28)26(2)42(25)58-8)19-49(57)40(44-43(60-24-61-44)27(3)45(49)54)38(53)21-59-46(55)34(51-47(56)62-48(4,5)6)23-63-22-33-31-15-11-9-13-29(31)30-14-10-12-16-32(30)33;1-12-6-15-7-16-18(9-28)30-17(22(29(16)4)20(15)13(2)23(12)34-5)8-27(33)21(19(30)10-31)25-24(35-11-36-25)14(3)26(27)32;18-17(19)9-10-20-11-16-14-7-3-1-5-12(14)13-6-2-4-8-15(13)16/h9-17,33-38,41,57H,18-19,21-24H2,1-8H3,(H,51,56);6,16-19,22,31,33H,7-8,10-11H2,1-5H3;1-8,16H,9-11H2,(H,18,19)/t34?,35-,36?,37-,38-,41-,49?;16-,17?,18-,19-,22-,27?;/m00./s1. The Labute approximate surface area is 701 Å². The number of alkyl carbamates (subject to hydrolysis) is 1. The van der Waals surface area contributed by atoms with E-state index in [1.165, 1.54) is 56.3 Å². The summed E-state index contributed by atoms with van der Waals surface area (Å²) in [6, 6.07) is 36.9. The number of hydrogen-bond donors (Lipinski definition) is 5. The number of carbonyl (C=O) groups is 5. The molecule has 6 saturated heterocycles. The number of piperidine rings is 2. The van der Waals surface area contributed by atoms with Crippen molar-refractivity contribution in [1.82, 2.24) is 24.9 Å². The van der Waals surface area contributed by atoms with Crippen LogP contribution in [-0.2, 0) is 60.4 Å². The Bertz CT molecular complexity index is 5320. The second kappa shape index (κ2) is 32.2. The van der Waals surface area contributed by atoms with Gasteiger partial charge >= 0.3 is 18.0 Å². The predicted octanol–water partition coefficient (Wildman–Crippen LogP) is 11.8. The third-order valence-corrected chi connectivity index (χ3v) is 28.7. The van der Waals surface area contributed by atoms with E-state index >= 15 is 0 Å². The predicted molar refractivity (Wildman–Crippen MR) is 447 cm³/mol. The van der Waals surface area contributed by atoms with Gasteiger partial charge in [-0.05, 0) is 178 Å². The van der Waals surface area contributed by atoms with Gasteiger partial charge in [-0.2, -0.15) is 34.0 Å². The molecule has 0 aromatic heterocycles.